The molecule has 0 aliphatic carbocycles. The first-order valence-corrected chi connectivity index (χ1v) is 7.29. The number of nitrogens with zero attached hydrogens (tertiary/aromatic N) is 1. The molecule has 116 valence electrons. The number of hydrogen-bond acceptors (Lipinski definition) is 3. The van der Waals surface area contributed by atoms with Crippen molar-refractivity contribution in [2.75, 3.05) is 20.2 Å². The molecule has 1 aromatic carbocycles. The molecule has 21 heavy (non-hydrogen) atoms. The number of carbonyl (C=O) groups excluding carboxylic acids is 2. The number of hydrogen-bond donors (Lipinski definition) is 0. The average Bonchev–Trinajstić information content (AvgIpc) is 2.45. The van der Waals surface area contributed by atoms with Crippen molar-refractivity contribution in [2.24, 2.45) is 11.8 Å². The highest BCUT2D eigenvalue weighted by molar-refractivity contribution is 5.94. The van der Waals surface area contributed by atoms with Gasteiger partial charge in [-0.05, 0) is 25.0 Å². The van der Waals surface area contributed by atoms with Gasteiger partial charge in [0.1, 0.15) is 0 Å². The third kappa shape index (κ3) is 5.21. The lowest BCUT2D eigenvalue weighted by atomic mass is 10.1. The Morgan fingerprint density at radius 3 is 2.14 bits per heavy atom. The third-order valence-corrected chi connectivity index (χ3v) is 3.27. The van der Waals surface area contributed by atoms with Crippen LogP contribution in [0.25, 0.3) is 0 Å². The predicted molar refractivity (Wildman–Crippen MR) is 83.1 cm³/mol. The monoisotopic (exact) mass is 291 g/mol. The zero-order valence-electron chi connectivity index (χ0n) is 13.6. The molecule has 0 saturated heterocycles. The summed E-state index contributed by atoms with van der Waals surface area (Å²) in [5.41, 5.74) is 1.77. The molecule has 1 unspecified atom stereocenters. The van der Waals surface area contributed by atoms with Gasteiger partial charge >= 0.3 is 5.97 Å². The smallest absolute Gasteiger partial charge is 0.310 e. The highest BCUT2D eigenvalue weighted by Gasteiger charge is 2.23. The van der Waals surface area contributed by atoms with Gasteiger partial charge in [0.25, 0.3) is 5.91 Å². The van der Waals surface area contributed by atoms with Crippen molar-refractivity contribution in [3.63, 3.8) is 0 Å². The van der Waals surface area contributed by atoms with Crippen molar-refractivity contribution in [1.29, 1.82) is 0 Å². The Morgan fingerprint density at radius 1 is 1.10 bits per heavy atom. The number of ether oxygens (including phenoxy) is 1. The fourth-order valence-electron chi connectivity index (χ4n) is 2.17. The number of aryl methyl sites for hydroxylation is 1. The average molecular weight is 291 g/mol. The van der Waals surface area contributed by atoms with Crippen LogP contribution in [0.5, 0.6) is 0 Å². The van der Waals surface area contributed by atoms with Gasteiger partial charge in [-0.3, -0.25) is 9.59 Å². The molecule has 0 aromatic heterocycles. The molecule has 1 amide bonds. The molecule has 0 aliphatic rings. The van der Waals surface area contributed by atoms with Crippen LogP contribution in [-0.2, 0) is 9.53 Å². The van der Waals surface area contributed by atoms with E-state index in [-0.39, 0.29) is 17.8 Å². The van der Waals surface area contributed by atoms with E-state index in [9.17, 15) is 9.59 Å². The van der Waals surface area contributed by atoms with Gasteiger partial charge in [-0.25, -0.2) is 0 Å². The first-order valence-electron chi connectivity index (χ1n) is 7.29. The standard InChI is InChI=1S/C17H25NO3/c1-12(2)10-18(11-14(4)17(20)21-5)16(19)15-8-6-13(3)7-9-15/h6-9,12,14H,10-11H2,1-5H3. The molecular formula is C17H25NO3. The second kappa shape index (κ2) is 7.81. The van der Waals surface area contributed by atoms with E-state index >= 15 is 0 Å². The topological polar surface area (TPSA) is 46.6 Å². The van der Waals surface area contributed by atoms with Crippen LogP contribution in [0.2, 0.25) is 0 Å². The summed E-state index contributed by atoms with van der Waals surface area (Å²) < 4.78 is 4.74. The SMILES string of the molecule is COC(=O)C(C)CN(CC(C)C)C(=O)c1ccc(C)cc1. The van der Waals surface area contributed by atoms with E-state index in [1.165, 1.54) is 7.11 Å². The van der Waals surface area contributed by atoms with Gasteiger partial charge < -0.3 is 9.64 Å². The molecule has 0 radical (unpaired) electrons. The van der Waals surface area contributed by atoms with Crippen LogP contribution in [-0.4, -0.2) is 37.0 Å². The van der Waals surface area contributed by atoms with Crippen LogP contribution in [0.3, 0.4) is 0 Å². The van der Waals surface area contributed by atoms with Crippen LogP contribution in [0.15, 0.2) is 24.3 Å². The summed E-state index contributed by atoms with van der Waals surface area (Å²) in [5, 5.41) is 0. The van der Waals surface area contributed by atoms with E-state index in [2.05, 4.69) is 13.8 Å². The van der Waals surface area contributed by atoms with Gasteiger partial charge in [-0.2, -0.15) is 0 Å². The Bertz CT molecular complexity index is 479. The maximum absolute atomic E-state index is 12.6. The van der Waals surface area contributed by atoms with Crippen molar-refractivity contribution >= 4 is 11.9 Å². The van der Waals surface area contributed by atoms with Crippen molar-refractivity contribution in [2.45, 2.75) is 27.7 Å². The second-order valence-corrected chi connectivity index (χ2v) is 5.89. The molecular weight excluding hydrogens is 266 g/mol. The molecule has 1 rings (SSSR count). The fraction of sp³-hybridized carbons (Fsp3) is 0.529. The van der Waals surface area contributed by atoms with Crippen molar-refractivity contribution in [3.8, 4) is 0 Å². The summed E-state index contributed by atoms with van der Waals surface area (Å²) in [6, 6.07) is 7.50. The molecule has 0 fully saturated rings. The van der Waals surface area contributed by atoms with Gasteiger partial charge in [0.2, 0.25) is 0 Å². The molecule has 0 heterocycles. The number of amides is 1. The molecule has 0 saturated carbocycles. The summed E-state index contributed by atoms with van der Waals surface area (Å²) in [6.45, 7) is 8.86. The van der Waals surface area contributed by atoms with E-state index in [1.807, 2.05) is 31.2 Å². The zero-order chi connectivity index (χ0) is 16.0. The molecule has 0 spiro atoms. The van der Waals surface area contributed by atoms with E-state index in [1.54, 1.807) is 11.8 Å². The number of benzene rings is 1. The van der Waals surface area contributed by atoms with Gasteiger partial charge in [0.05, 0.1) is 13.0 Å². The quantitative estimate of drug-likeness (QED) is 0.757. The lowest BCUT2D eigenvalue weighted by Gasteiger charge is -2.27. The Hall–Kier alpha value is -1.84. The molecule has 4 heteroatoms. The van der Waals surface area contributed by atoms with Gasteiger partial charge in [-0.1, -0.05) is 38.5 Å². The lowest BCUT2D eigenvalue weighted by Crippen LogP contribution is -2.39. The van der Waals surface area contributed by atoms with E-state index in [4.69, 9.17) is 4.74 Å². The Labute approximate surface area is 127 Å². The fourth-order valence-corrected chi connectivity index (χ4v) is 2.17. The van der Waals surface area contributed by atoms with Gasteiger partial charge in [0.15, 0.2) is 0 Å². The van der Waals surface area contributed by atoms with Crippen LogP contribution in [0.4, 0.5) is 0 Å². The summed E-state index contributed by atoms with van der Waals surface area (Å²) >= 11 is 0. The van der Waals surface area contributed by atoms with Crippen LogP contribution >= 0.6 is 0 Å². The predicted octanol–water partition coefficient (Wildman–Crippen LogP) is 2.90. The maximum atomic E-state index is 12.6. The maximum Gasteiger partial charge on any atom is 0.310 e. The molecule has 1 atom stereocenters. The van der Waals surface area contributed by atoms with Gasteiger partial charge in [-0.15, -0.1) is 0 Å². The first-order chi connectivity index (χ1) is 9.85. The number of carbonyl (C=O) groups is 2. The molecule has 1 aromatic rings. The molecule has 0 N–H and O–H groups in total. The van der Waals surface area contributed by atoms with Crippen LogP contribution < -0.4 is 0 Å². The minimum atomic E-state index is -0.330. The molecule has 0 aliphatic heterocycles. The summed E-state index contributed by atoms with van der Waals surface area (Å²) in [7, 11) is 1.37. The van der Waals surface area contributed by atoms with Gasteiger partial charge in [0, 0.05) is 18.7 Å². The largest absolute Gasteiger partial charge is 0.469 e. The Morgan fingerprint density at radius 2 is 1.67 bits per heavy atom. The summed E-state index contributed by atoms with van der Waals surface area (Å²) in [4.78, 5) is 25.9. The van der Waals surface area contributed by atoms with E-state index in [0.29, 0.717) is 24.6 Å². The van der Waals surface area contributed by atoms with Crippen molar-refractivity contribution in [1.82, 2.24) is 4.90 Å². The van der Waals surface area contributed by atoms with Crippen LogP contribution in [0, 0.1) is 18.8 Å². The number of esters is 1. The summed E-state index contributed by atoms with van der Waals surface area (Å²) in [5.74, 6) is -0.327. The van der Waals surface area contributed by atoms with E-state index < -0.39 is 0 Å². The Balaban J connectivity index is 2.88. The lowest BCUT2D eigenvalue weighted by molar-refractivity contribution is -0.145. The van der Waals surface area contributed by atoms with Crippen molar-refractivity contribution in [3.05, 3.63) is 35.4 Å². The number of methoxy groups -OCH3 is 1. The normalized spacial score (nSPS) is 12.1. The third-order valence-electron chi connectivity index (χ3n) is 3.27. The minimum absolute atomic E-state index is 0.0422. The summed E-state index contributed by atoms with van der Waals surface area (Å²) in [6.07, 6.45) is 0. The zero-order valence-corrected chi connectivity index (χ0v) is 13.6. The molecule has 0 bridgehead atoms. The number of rotatable bonds is 6. The highest BCUT2D eigenvalue weighted by Crippen LogP contribution is 2.12. The van der Waals surface area contributed by atoms with Crippen molar-refractivity contribution < 1.29 is 14.3 Å². The van der Waals surface area contributed by atoms with Crippen LogP contribution in [0.1, 0.15) is 36.7 Å². The molecule has 4 nitrogen and oxygen atoms in total. The first kappa shape index (κ1) is 17.2. The Kier molecular flexibility index (Phi) is 6.40. The minimum Gasteiger partial charge on any atom is -0.469 e. The second-order valence-electron chi connectivity index (χ2n) is 5.89. The highest BCUT2D eigenvalue weighted by atomic mass is 16.5. The van der Waals surface area contributed by atoms with E-state index in [0.717, 1.165) is 5.56 Å².